The second-order valence-corrected chi connectivity index (χ2v) is 9.67. The minimum Gasteiger partial charge on any atom is -0.302 e. The highest BCUT2D eigenvalue weighted by Crippen LogP contribution is 2.37. The van der Waals surface area contributed by atoms with Crippen LogP contribution in [0.15, 0.2) is 53.6 Å². The first-order chi connectivity index (χ1) is 15.4. The molecule has 0 bridgehead atoms. The number of fused-ring (bicyclic) bond motifs is 1. The molecule has 0 fully saturated rings. The van der Waals surface area contributed by atoms with Crippen LogP contribution in [0, 0.1) is 11.3 Å². The van der Waals surface area contributed by atoms with E-state index in [1.807, 2.05) is 36.4 Å². The van der Waals surface area contributed by atoms with Crippen molar-refractivity contribution in [3.63, 3.8) is 0 Å². The van der Waals surface area contributed by atoms with Gasteiger partial charge in [0.25, 0.3) is 0 Å². The minimum atomic E-state index is 0.0634. The number of thioether (sulfide) groups is 1. The number of carbonyl (C=O) groups is 1. The molecule has 0 atom stereocenters. The van der Waals surface area contributed by atoms with E-state index in [1.54, 1.807) is 12.1 Å². The van der Waals surface area contributed by atoms with E-state index in [-0.39, 0.29) is 11.5 Å². The van der Waals surface area contributed by atoms with Crippen LogP contribution in [0.4, 0.5) is 0 Å². The van der Waals surface area contributed by atoms with Crippen molar-refractivity contribution in [3.8, 4) is 17.2 Å². The highest BCUT2D eigenvalue weighted by molar-refractivity contribution is 8.00. The molecule has 0 saturated carbocycles. The molecule has 0 amide bonds. The zero-order valence-corrected chi connectivity index (χ0v) is 19.9. The van der Waals surface area contributed by atoms with Crippen molar-refractivity contribution in [2.24, 2.45) is 0 Å². The maximum absolute atomic E-state index is 12.6. The quantitative estimate of drug-likeness (QED) is 0.415. The Hall–Kier alpha value is -2.36. The molecule has 1 aromatic heterocycles. The first kappa shape index (κ1) is 22.8. The fraction of sp³-hybridized carbons (Fsp3) is 0.240. The predicted octanol–water partition coefficient (Wildman–Crippen LogP) is 5.82. The molecule has 32 heavy (non-hydrogen) atoms. The lowest BCUT2D eigenvalue weighted by Crippen LogP contribution is -2.28. The summed E-state index contributed by atoms with van der Waals surface area (Å²) in [5, 5.41) is 11.9. The number of hydrogen-bond donors (Lipinski definition) is 0. The maximum atomic E-state index is 12.6. The number of likely N-dealkylation sites (N-methyl/N-ethyl adjacent to an activating group) is 1. The van der Waals surface area contributed by atoms with Gasteiger partial charge in [0.1, 0.15) is 16.9 Å². The van der Waals surface area contributed by atoms with Crippen LogP contribution in [0.2, 0.25) is 10.0 Å². The average molecular weight is 482 g/mol. The molecule has 0 unspecified atom stereocenters. The summed E-state index contributed by atoms with van der Waals surface area (Å²) in [6.45, 7) is 1.64. The maximum Gasteiger partial charge on any atom is 0.147 e. The molecular weight excluding hydrogens is 461 g/mol. The highest BCUT2D eigenvalue weighted by atomic mass is 35.5. The summed E-state index contributed by atoms with van der Waals surface area (Å²) in [6.07, 6.45) is 1.11. The summed E-state index contributed by atoms with van der Waals surface area (Å²) in [7, 11) is 2.07. The van der Waals surface area contributed by atoms with Crippen molar-refractivity contribution in [1.82, 2.24) is 9.88 Å². The van der Waals surface area contributed by atoms with Crippen molar-refractivity contribution in [2.45, 2.75) is 24.4 Å². The number of ketones is 1. The Balaban J connectivity index is 1.66. The molecule has 2 heterocycles. The highest BCUT2D eigenvalue weighted by Gasteiger charge is 2.25. The van der Waals surface area contributed by atoms with Crippen LogP contribution in [0.3, 0.4) is 0 Å². The lowest BCUT2D eigenvalue weighted by Gasteiger charge is -2.28. The average Bonchev–Trinajstić information content (AvgIpc) is 2.77. The van der Waals surface area contributed by atoms with Gasteiger partial charge in [-0.15, -0.1) is 0 Å². The van der Waals surface area contributed by atoms with E-state index in [9.17, 15) is 10.1 Å². The molecule has 162 valence electrons. The molecule has 0 N–H and O–H groups in total. The summed E-state index contributed by atoms with van der Waals surface area (Å²) in [5.74, 6) is 0.306. The number of pyridine rings is 1. The molecule has 1 aliphatic heterocycles. The number of rotatable bonds is 6. The van der Waals surface area contributed by atoms with Gasteiger partial charge in [0.15, 0.2) is 0 Å². The van der Waals surface area contributed by atoms with E-state index in [0.717, 1.165) is 47.5 Å². The molecule has 0 saturated heterocycles. The summed E-state index contributed by atoms with van der Waals surface area (Å²) in [5.41, 5.74) is 5.30. The molecule has 4 rings (SSSR count). The predicted molar refractivity (Wildman–Crippen MR) is 130 cm³/mol. The first-order valence-electron chi connectivity index (χ1n) is 10.2. The normalized spacial score (nSPS) is 13.4. The van der Waals surface area contributed by atoms with Crippen molar-refractivity contribution in [1.29, 1.82) is 5.26 Å². The number of halogens is 2. The van der Waals surface area contributed by atoms with Crippen LogP contribution < -0.4 is 0 Å². The number of aromatic nitrogens is 1. The van der Waals surface area contributed by atoms with Gasteiger partial charge >= 0.3 is 0 Å². The lowest BCUT2D eigenvalue weighted by molar-refractivity contribution is -0.116. The van der Waals surface area contributed by atoms with Crippen molar-refractivity contribution in [2.75, 3.05) is 19.3 Å². The monoisotopic (exact) mass is 481 g/mol. The zero-order valence-electron chi connectivity index (χ0n) is 17.6. The largest absolute Gasteiger partial charge is 0.302 e. The second-order valence-electron chi connectivity index (χ2n) is 7.83. The van der Waals surface area contributed by atoms with Gasteiger partial charge in [-0.1, -0.05) is 59.2 Å². The van der Waals surface area contributed by atoms with Gasteiger partial charge in [0.05, 0.1) is 11.3 Å². The van der Waals surface area contributed by atoms with Gasteiger partial charge in [-0.3, -0.25) is 4.79 Å². The molecule has 2 aromatic carbocycles. The number of Topliss-reactive ketones (excluding diaryl/α,β-unsaturated/α-hetero) is 1. The summed E-state index contributed by atoms with van der Waals surface area (Å²) in [4.78, 5) is 19.7. The van der Waals surface area contributed by atoms with Gasteiger partial charge in [0, 0.05) is 47.2 Å². The Kier molecular flexibility index (Phi) is 7.17. The Bertz CT molecular complexity index is 1210. The van der Waals surface area contributed by atoms with Gasteiger partial charge in [-0.05, 0) is 48.0 Å². The van der Waals surface area contributed by atoms with E-state index in [4.69, 9.17) is 28.2 Å². The van der Waals surface area contributed by atoms with Crippen LogP contribution in [0.25, 0.3) is 11.1 Å². The number of nitriles is 1. The Morgan fingerprint density at radius 3 is 2.69 bits per heavy atom. The Labute approximate surface area is 202 Å². The van der Waals surface area contributed by atoms with Gasteiger partial charge in [0.2, 0.25) is 0 Å². The molecule has 0 aliphatic carbocycles. The second kappa shape index (κ2) is 10.1. The number of hydrogen-bond acceptors (Lipinski definition) is 5. The summed E-state index contributed by atoms with van der Waals surface area (Å²) in [6, 6.07) is 17.2. The van der Waals surface area contributed by atoms with Crippen molar-refractivity contribution >= 4 is 40.7 Å². The van der Waals surface area contributed by atoms with E-state index < -0.39 is 0 Å². The molecule has 3 aromatic rings. The summed E-state index contributed by atoms with van der Waals surface area (Å²) < 4.78 is 0. The fourth-order valence-electron chi connectivity index (χ4n) is 3.89. The lowest BCUT2D eigenvalue weighted by atomic mass is 9.92. The van der Waals surface area contributed by atoms with Crippen molar-refractivity contribution < 1.29 is 4.79 Å². The summed E-state index contributed by atoms with van der Waals surface area (Å²) >= 11 is 13.5. The molecule has 0 spiro atoms. The zero-order chi connectivity index (χ0) is 22.7. The van der Waals surface area contributed by atoms with E-state index in [0.29, 0.717) is 27.1 Å². The van der Waals surface area contributed by atoms with Crippen LogP contribution >= 0.6 is 35.0 Å². The van der Waals surface area contributed by atoms with E-state index in [1.165, 1.54) is 11.8 Å². The minimum absolute atomic E-state index is 0.0634. The third kappa shape index (κ3) is 5.16. The molecule has 0 radical (unpaired) electrons. The van der Waals surface area contributed by atoms with Crippen LogP contribution in [-0.4, -0.2) is 35.0 Å². The van der Waals surface area contributed by atoms with Crippen molar-refractivity contribution in [3.05, 3.63) is 81.0 Å². The molecule has 1 aliphatic rings. The SMILES string of the molecule is CN1CCc2nc(SCC(=O)Cc3cccc(Cl)c3)c(C#N)c(-c3ccc(Cl)cc3)c2C1. The number of carbonyl (C=O) groups excluding carboxylic acids is 1. The Morgan fingerprint density at radius 2 is 1.97 bits per heavy atom. The van der Waals surface area contributed by atoms with E-state index in [2.05, 4.69) is 18.0 Å². The first-order valence-corrected chi connectivity index (χ1v) is 12.0. The topological polar surface area (TPSA) is 57.0 Å². The molecule has 7 heteroatoms. The van der Waals surface area contributed by atoms with Gasteiger partial charge < -0.3 is 4.90 Å². The standard InChI is InChI=1S/C25H21Cl2N3OS/c1-30-10-9-23-22(14-30)24(17-5-7-18(26)8-6-17)21(13-28)25(29-23)32-15-20(31)12-16-3-2-4-19(27)11-16/h2-8,11H,9-10,12,14-15H2,1H3. The van der Waals surface area contributed by atoms with Crippen LogP contribution in [-0.2, 0) is 24.2 Å². The smallest absolute Gasteiger partial charge is 0.147 e. The number of benzene rings is 2. The van der Waals surface area contributed by atoms with Gasteiger partial charge in [-0.2, -0.15) is 5.26 Å². The van der Waals surface area contributed by atoms with Crippen LogP contribution in [0.5, 0.6) is 0 Å². The number of nitrogens with zero attached hydrogens (tertiary/aromatic N) is 3. The third-order valence-electron chi connectivity index (χ3n) is 5.41. The van der Waals surface area contributed by atoms with E-state index >= 15 is 0 Å². The van der Waals surface area contributed by atoms with Crippen LogP contribution in [0.1, 0.15) is 22.4 Å². The van der Waals surface area contributed by atoms with Gasteiger partial charge in [-0.25, -0.2) is 4.98 Å². The molecular formula is C25H21Cl2N3OS. The third-order valence-corrected chi connectivity index (χ3v) is 6.94. The Morgan fingerprint density at radius 1 is 1.19 bits per heavy atom. The fourth-order valence-corrected chi connectivity index (χ4v) is 5.09. The molecule has 4 nitrogen and oxygen atoms in total.